The molecule has 1 aromatic rings. The van der Waals surface area contributed by atoms with Gasteiger partial charge in [-0.05, 0) is 43.0 Å². The van der Waals surface area contributed by atoms with Crippen LogP contribution in [0.25, 0.3) is 0 Å². The summed E-state index contributed by atoms with van der Waals surface area (Å²) in [5.74, 6) is 0.560. The number of benzene rings is 1. The van der Waals surface area contributed by atoms with E-state index in [0.717, 1.165) is 25.1 Å². The lowest BCUT2D eigenvalue weighted by atomic mass is 10.2. The molecule has 1 fully saturated rings. The zero-order valence-electron chi connectivity index (χ0n) is 10.8. The van der Waals surface area contributed by atoms with E-state index in [0.29, 0.717) is 10.8 Å². The summed E-state index contributed by atoms with van der Waals surface area (Å²) in [6.45, 7) is 5.14. The summed E-state index contributed by atoms with van der Waals surface area (Å²) in [4.78, 5) is 0.337. The molecule has 0 bridgehead atoms. The van der Waals surface area contributed by atoms with Gasteiger partial charge in [0.2, 0.25) is 10.0 Å². The molecule has 2 N–H and O–H groups in total. The van der Waals surface area contributed by atoms with Gasteiger partial charge in [0.25, 0.3) is 0 Å². The van der Waals surface area contributed by atoms with E-state index in [2.05, 4.69) is 23.9 Å². The molecule has 0 aliphatic heterocycles. The van der Waals surface area contributed by atoms with Crippen LogP contribution in [0.1, 0.15) is 26.7 Å². The Morgan fingerprint density at radius 2 is 1.83 bits per heavy atom. The second-order valence-corrected chi connectivity index (χ2v) is 6.91. The maximum Gasteiger partial charge on any atom is 0.240 e. The van der Waals surface area contributed by atoms with Crippen molar-refractivity contribution in [1.29, 1.82) is 0 Å². The van der Waals surface area contributed by atoms with Gasteiger partial charge in [0.1, 0.15) is 0 Å². The number of hydrogen-bond donors (Lipinski definition) is 2. The molecule has 100 valence electrons. The predicted octanol–water partition coefficient (Wildman–Crippen LogP) is 2.20. The average Bonchev–Trinajstić information content (AvgIpc) is 3.10. The van der Waals surface area contributed by atoms with E-state index in [-0.39, 0.29) is 6.04 Å². The van der Waals surface area contributed by atoms with Gasteiger partial charge in [0.15, 0.2) is 0 Å². The topological polar surface area (TPSA) is 58.2 Å². The van der Waals surface area contributed by atoms with Crippen LogP contribution < -0.4 is 10.0 Å². The number of nitrogens with one attached hydrogen (secondary N) is 2. The van der Waals surface area contributed by atoms with Crippen LogP contribution in [-0.2, 0) is 10.0 Å². The van der Waals surface area contributed by atoms with Gasteiger partial charge in [0, 0.05) is 18.3 Å². The van der Waals surface area contributed by atoms with Crippen molar-refractivity contribution in [1.82, 2.24) is 4.72 Å². The summed E-state index contributed by atoms with van der Waals surface area (Å²) in [5.41, 5.74) is 0.953. The molecule has 0 amide bonds. The number of anilines is 1. The standard InChI is InChI=1S/C13H20N2O2S/c1-10(2)9-14-11-5-7-13(8-6-11)18(16,17)15-12-3-4-12/h5-8,10,12,14-15H,3-4,9H2,1-2H3. The van der Waals surface area contributed by atoms with Crippen molar-refractivity contribution in [3.8, 4) is 0 Å². The minimum atomic E-state index is -3.32. The van der Waals surface area contributed by atoms with Gasteiger partial charge in [-0.1, -0.05) is 13.8 Å². The largest absolute Gasteiger partial charge is 0.385 e. The fourth-order valence-electron chi connectivity index (χ4n) is 1.56. The Balaban J connectivity index is 2.02. The van der Waals surface area contributed by atoms with Crippen molar-refractivity contribution in [2.75, 3.05) is 11.9 Å². The molecule has 5 heteroatoms. The molecule has 0 heterocycles. The lowest BCUT2D eigenvalue weighted by molar-refractivity contribution is 0.581. The summed E-state index contributed by atoms with van der Waals surface area (Å²) in [7, 11) is -3.32. The molecular weight excluding hydrogens is 248 g/mol. The van der Waals surface area contributed by atoms with Crippen LogP contribution in [0, 0.1) is 5.92 Å². The lowest BCUT2D eigenvalue weighted by Crippen LogP contribution is -2.25. The van der Waals surface area contributed by atoms with Crippen LogP contribution in [0.5, 0.6) is 0 Å². The summed E-state index contributed by atoms with van der Waals surface area (Å²) in [5, 5.41) is 3.26. The monoisotopic (exact) mass is 268 g/mol. The Labute approximate surface area is 109 Å². The molecule has 0 aromatic heterocycles. The summed E-state index contributed by atoms with van der Waals surface area (Å²) >= 11 is 0. The molecule has 0 unspecified atom stereocenters. The molecule has 0 radical (unpaired) electrons. The van der Waals surface area contributed by atoms with E-state index in [4.69, 9.17) is 0 Å². The number of sulfonamides is 1. The quantitative estimate of drug-likeness (QED) is 0.831. The Kier molecular flexibility index (Phi) is 3.92. The normalized spacial score (nSPS) is 15.9. The first-order chi connectivity index (χ1) is 8.47. The molecule has 1 saturated carbocycles. The van der Waals surface area contributed by atoms with E-state index >= 15 is 0 Å². The molecule has 0 atom stereocenters. The highest BCUT2D eigenvalue weighted by atomic mass is 32.2. The molecule has 4 nitrogen and oxygen atoms in total. The van der Waals surface area contributed by atoms with Crippen molar-refractivity contribution in [2.45, 2.75) is 37.6 Å². The van der Waals surface area contributed by atoms with Gasteiger partial charge in [-0.15, -0.1) is 0 Å². The SMILES string of the molecule is CC(C)CNc1ccc(S(=O)(=O)NC2CC2)cc1. The number of rotatable bonds is 6. The summed E-state index contributed by atoms with van der Waals surface area (Å²) < 4.78 is 26.5. The molecule has 18 heavy (non-hydrogen) atoms. The highest BCUT2D eigenvalue weighted by molar-refractivity contribution is 7.89. The minimum Gasteiger partial charge on any atom is -0.385 e. The van der Waals surface area contributed by atoms with Crippen molar-refractivity contribution >= 4 is 15.7 Å². The van der Waals surface area contributed by atoms with E-state index in [9.17, 15) is 8.42 Å². The molecule has 1 aliphatic carbocycles. The Hall–Kier alpha value is -1.07. The predicted molar refractivity (Wildman–Crippen MR) is 73.1 cm³/mol. The van der Waals surface area contributed by atoms with Crippen molar-refractivity contribution in [2.24, 2.45) is 5.92 Å². The Morgan fingerprint density at radius 3 is 2.33 bits per heavy atom. The zero-order chi connectivity index (χ0) is 13.2. The molecule has 0 spiro atoms. The fourth-order valence-corrected chi connectivity index (χ4v) is 2.87. The Morgan fingerprint density at radius 1 is 1.22 bits per heavy atom. The van der Waals surface area contributed by atoms with Crippen LogP contribution in [0.2, 0.25) is 0 Å². The second-order valence-electron chi connectivity index (χ2n) is 5.19. The first-order valence-corrected chi connectivity index (χ1v) is 7.82. The number of hydrogen-bond acceptors (Lipinski definition) is 3. The minimum absolute atomic E-state index is 0.147. The maximum atomic E-state index is 11.9. The summed E-state index contributed by atoms with van der Waals surface area (Å²) in [6, 6.07) is 7.06. The van der Waals surface area contributed by atoms with E-state index in [1.54, 1.807) is 12.1 Å². The molecule has 2 rings (SSSR count). The van der Waals surface area contributed by atoms with Crippen LogP contribution in [0.3, 0.4) is 0 Å². The van der Waals surface area contributed by atoms with Crippen molar-refractivity contribution in [3.63, 3.8) is 0 Å². The lowest BCUT2D eigenvalue weighted by Gasteiger charge is -2.10. The van der Waals surface area contributed by atoms with Crippen LogP contribution >= 0.6 is 0 Å². The van der Waals surface area contributed by atoms with E-state index in [1.807, 2.05) is 12.1 Å². The molecule has 1 aliphatic rings. The first-order valence-electron chi connectivity index (χ1n) is 6.33. The highest BCUT2D eigenvalue weighted by Gasteiger charge is 2.27. The van der Waals surface area contributed by atoms with Crippen molar-refractivity contribution in [3.05, 3.63) is 24.3 Å². The van der Waals surface area contributed by atoms with Crippen LogP contribution in [-0.4, -0.2) is 21.0 Å². The third kappa shape index (κ3) is 3.71. The third-order valence-corrected chi connectivity index (χ3v) is 4.31. The van der Waals surface area contributed by atoms with Gasteiger partial charge in [0.05, 0.1) is 4.90 Å². The highest BCUT2D eigenvalue weighted by Crippen LogP contribution is 2.22. The molecular formula is C13H20N2O2S. The van der Waals surface area contributed by atoms with Gasteiger partial charge in [-0.2, -0.15) is 0 Å². The summed E-state index contributed by atoms with van der Waals surface area (Å²) in [6.07, 6.45) is 1.90. The van der Waals surface area contributed by atoms with Crippen LogP contribution in [0.4, 0.5) is 5.69 Å². The van der Waals surface area contributed by atoms with Gasteiger partial charge < -0.3 is 5.32 Å². The van der Waals surface area contributed by atoms with Gasteiger partial charge >= 0.3 is 0 Å². The Bertz CT molecular complexity index is 490. The second kappa shape index (κ2) is 5.28. The zero-order valence-corrected chi connectivity index (χ0v) is 11.6. The van der Waals surface area contributed by atoms with E-state index in [1.165, 1.54) is 0 Å². The fraction of sp³-hybridized carbons (Fsp3) is 0.538. The smallest absolute Gasteiger partial charge is 0.240 e. The average molecular weight is 268 g/mol. The molecule has 1 aromatic carbocycles. The van der Waals surface area contributed by atoms with Crippen molar-refractivity contribution < 1.29 is 8.42 Å². The third-order valence-electron chi connectivity index (χ3n) is 2.78. The van der Waals surface area contributed by atoms with Gasteiger partial charge in [-0.25, -0.2) is 13.1 Å². The van der Waals surface area contributed by atoms with Crippen LogP contribution in [0.15, 0.2) is 29.2 Å². The van der Waals surface area contributed by atoms with E-state index < -0.39 is 10.0 Å². The first kappa shape index (κ1) is 13.4. The maximum absolute atomic E-state index is 11.9. The molecule has 0 saturated heterocycles. The van der Waals surface area contributed by atoms with Gasteiger partial charge in [-0.3, -0.25) is 0 Å².